The first kappa shape index (κ1) is 26.9. The van der Waals surface area contributed by atoms with E-state index in [1.165, 1.54) is 0 Å². The summed E-state index contributed by atoms with van der Waals surface area (Å²) in [5.41, 5.74) is 2.16. The maximum Gasteiger partial charge on any atom is 0.308 e. The third kappa shape index (κ3) is 6.39. The van der Waals surface area contributed by atoms with Gasteiger partial charge in [-0.05, 0) is 42.9 Å². The molecule has 0 spiro atoms. The first-order chi connectivity index (χ1) is 17.5. The topological polar surface area (TPSA) is 88.5 Å². The van der Waals surface area contributed by atoms with Crippen molar-refractivity contribution >= 4 is 11.9 Å². The lowest BCUT2D eigenvalue weighted by molar-refractivity contribution is -0.144. The SMILES string of the molecule is CCCCN(CCCC)C(=O)CN1C[C@H](c2ccc3c(c2)CCO3)C(C(=O)O)[C@@H]1CCC1OCCO1. The maximum atomic E-state index is 13.5. The van der Waals surface area contributed by atoms with Gasteiger partial charge in [-0.3, -0.25) is 14.5 Å². The minimum absolute atomic E-state index is 0.0995. The van der Waals surface area contributed by atoms with E-state index in [0.29, 0.717) is 39.2 Å². The molecule has 1 aromatic rings. The molecular formula is C28H42N2O6. The van der Waals surface area contributed by atoms with Crippen molar-refractivity contribution in [3.8, 4) is 5.75 Å². The van der Waals surface area contributed by atoms with E-state index in [-0.39, 0.29) is 30.7 Å². The molecule has 36 heavy (non-hydrogen) atoms. The first-order valence-electron chi connectivity index (χ1n) is 13.7. The smallest absolute Gasteiger partial charge is 0.308 e. The number of likely N-dealkylation sites (tertiary alicyclic amines) is 1. The van der Waals surface area contributed by atoms with E-state index >= 15 is 0 Å². The quantitative estimate of drug-likeness (QED) is 0.440. The highest BCUT2D eigenvalue weighted by molar-refractivity contribution is 5.79. The molecule has 0 bridgehead atoms. The van der Waals surface area contributed by atoms with Gasteiger partial charge in [0.1, 0.15) is 5.75 Å². The summed E-state index contributed by atoms with van der Waals surface area (Å²) in [6.45, 7) is 8.40. The largest absolute Gasteiger partial charge is 0.493 e. The second-order valence-electron chi connectivity index (χ2n) is 10.3. The summed E-state index contributed by atoms with van der Waals surface area (Å²) in [6.07, 6.45) is 5.82. The molecule has 8 nitrogen and oxygen atoms in total. The Kier molecular flexibility index (Phi) is 9.62. The second kappa shape index (κ2) is 12.9. The Morgan fingerprint density at radius 3 is 2.44 bits per heavy atom. The molecule has 4 rings (SSSR count). The minimum Gasteiger partial charge on any atom is -0.493 e. The van der Waals surface area contributed by atoms with Crippen LogP contribution in [0, 0.1) is 5.92 Å². The van der Waals surface area contributed by atoms with Crippen LogP contribution in [0.2, 0.25) is 0 Å². The average Bonchev–Trinajstić information content (AvgIpc) is 3.62. The number of fused-ring (bicyclic) bond motifs is 1. The van der Waals surface area contributed by atoms with Crippen LogP contribution < -0.4 is 4.74 Å². The second-order valence-corrected chi connectivity index (χ2v) is 10.3. The molecule has 3 aliphatic rings. The van der Waals surface area contributed by atoms with Crippen molar-refractivity contribution in [3.05, 3.63) is 29.3 Å². The summed E-state index contributed by atoms with van der Waals surface area (Å²) in [6, 6.07) is 5.83. The van der Waals surface area contributed by atoms with Crippen LogP contribution in [-0.4, -0.2) is 85.1 Å². The molecule has 3 atom stereocenters. The van der Waals surface area contributed by atoms with E-state index in [4.69, 9.17) is 14.2 Å². The van der Waals surface area contributed by atoms with Crippen molar-refractivity contribution in [2.24, 2.45) is 5.92 Å². The average molecular weight is 503 g/mol. The van der Waals surface area contributed by atoms with Crippen LogP contribution in [0.25, 0.3) is 0 Å². The molecule has 2 saturated heterocycles. The van der Waals surface area contributed by atoms with E-state index in [1.54, 1.807) is 0 Å². The van der Waals surface area contributed by atoms with Crippen LogP contribution >= 0.6 is 0 Å². The number of ether oxygens (including phenoxy) is 3. The van der Waals surface area contributed by atoms with Gasteiger partial charge in [0.2, 0.25) is 5.91 Å². The number of carboxylic acids is 1. The summed E-state index contributed by atoms with van der Waals surface area (Å²) >= 11 is 0. The van der Waals surface area contributed by atoms with Crippen LogP contribution in [-0.2, 0) is 25.5 Å². The number of benzene rings is 1. The van der Waals surface area contributed by atoms with E-state index < -0.39 is 11.9 Å². The zero-order valence-corrected chi connectivity index (χ0v) is 21.8. The van der Waals surface area contributed by atoms with Crippen LogP contribution in [0.15, 0.2) is 18.2 Å². The number of amides is 1. The lowest BCUT2D eigenvalue weighted by Gasteiger charge is -2.30. The third-order valence-electron chi connectivity index (χ3n) is 7.82. The Hall–Kier alpha value is -2.16. The molecule has 200 valence electrons. The molecule has 3 aliphatic heterocycles. The molecule has 0 radical (unpaired) electrons. The van der Waals surface area contributed by atoms with E-state index in [0.717, 1.165) is 62.1 Å². The summed E-state index contributed by atoms with van der Waals surface area (Å²) in [7, 11) is 0. The van der Waals surface area contributed by atoms with Gasteiger partial charge in [-0.1, -0.05) is 38.8 Å². The summed E-state index contributed by atoms with van der Waals surface area (Å²) in [5.74, 6) is -0.595. The molecule has 3 heterocycles. The number of nitrogens with zero attached hydrogens (tertiary/aromatic N) is 2. The van der Waals surface area contributed by atoms with Gasteiger partial charge < -0.3 is 24.2 Å². The lowest BCUT2D eigenvalue weighted by Crippen LogP contribution is -2.45. The Balaban J connectivity index is 1.55. The van der Waals surface area contributed by atoms with Gasteiger partial charge in [-0.2, -0.15) is 0 Å². The van der Waals surface area contributed by atoms with Crippen molar-refractivity contribution in [2.45, 2.75) is 77.0 Å². The van der Waals surface area contributed by atoms with Gasteiger partial charge in [0.25, 0.3) is 0 Å². The zero-order valence-electron chi connectivity index (χ0n) is 21.8. The van der Waals surface area contributed by atoms with Crippen LogP contribution in [0.1, 0.15) is 69.4 Å². The molecule has 1 N–H and O–H groups in total. The van der Waals surface area contributed by atoms with Crippen molar-refractivity contribution in [1.29, 1.82) is 0 Å². The van der Waals surface area contributed by atoms with Gasteiger partial charge >= 0.3 is 5.97 Å². The monoisotopic (exact) mass is 502 g/mol. The number of carbonyl (C=O) groups excluding carboxylic acids is 1. The lowest BCUT2D eigenvalue weighted by atomic mass is 9.83. The van der Waals surface area contributed by atoms with Crippen molar-refractivity contribution in [2.75, 3.05) is 46.0 Å². The van der Waals surface area contributed by atoms with Crippen LogP contribution in [0.5, 0.6) is 5.75 Å². The van der Waals surface area contributed by atoms with Gasteiger partial charge in [-0.25, -0.2) is 0 Å². The number of aliphatic carboxylic acids is 1. The van der Waals surface area contributed by atoms with Crippen LogP contribution in [0.4, 0.5) is 0 Å². The van der Waals surface area contributed by atoms with E-state index in [2.05, 4.69) is 24.8 Å². The minimum atomic E-state index is -0.807. The highest BCUT2D eigenvalue weighted by Crippen LogP contribution is 2.41. The predicted molar refractivity (Wildman–Crippen MR) is 136 cm³/mol. The summed E-state index contributed by atoms with van der Waals surface area (Å²) in [5, 5.41) is 10.4. The summed E-state index contributed by atoms with van der Waals surface area (Å²) < 4.78 is 16.9. The highest BCUT2D eigenvalue weighted by Gasteiger charge is 2.47. The Morgan fingerprint density at radius 1 is 1.06 bits per heavy atom. The first-order valence-corrected chi connectivity index (χ1v) is 13.7. The molecule has 0 aliphatic carbocycles. The van der Waals surface area contributed by atoms with Crippen molar-refractivity contribution in [3.63, 3.8) is 0 Å². The molecule has 0 aromatic heterocycles. The van der Waals surface area contributed by atoms with Crippen molar-refractivity contribution in [1.82, 2.24) is 9.80 Å². The summed E-state index contributed by atoms with van der Waals surface area (Å²) in [4.78, 5) is 30.2. The Bertz CT molecular complexity index is 879. The molecule has 0 saturated carbocycles. The number of hydrogen-bond donors (Lipinski definition) is 1. The highest BCUT2D eigenvalue weighted by atomic mass is 16.7. The fourth-order valence-electron chi connectivity index (χ4n) is 5.84. The molecule has 2 fully saturated rings. The predicted octanol–water partition coefficient (Wildman–Crippen LogP) is 3.67. The molecule has 1 aromatic carbocycles. The number of hydrogen-bond acceptors (Lipinski definition) is 6. The number of unbranched alkanes of at least 4 members (excludes halogenated alkanes) is 2. The van der Waals surface area contributed by atoms with E-state index in [9.17, 15) is 14.7 Å². The fourth-order valence-corrected chi connectivity index (χ4v) is 5.84. The normalized spacial score (nSPS) is 24.1. The van der Waals surface area contributed by atoms with Crippen LogP contribution in [0.3, 0.4) is 0 Å². The fraction of sp³-hybridized carbons (Fsp3) is 0.714. The maximum absolute atomic E-state index is 13.5. The number of rotatable bonds is 13. The number of carboxylic acid groups (broad SMARTS) is 1. The third-order valence-corrected chi connectivity index (χ3v) is 7.82. The molecular weight excluding hydrogens is 460 g/mol. The molecule has 8 heteroatoms. The molecule has 1 amide bonds. The standard InChI is InChI=1S/C28H42N2O6/c1-3-5-12-29(13-6-4-2)25(31)19-30-18-22(20-7-9-24-21(17-20)11-14-34-24)27(28(32)33)23(30)8-10-26-35-15-16-36-26/h7,9,17,22-23,26-27H,3-6,8,10-16,18-19H2,1-2H3,(H,32,33)/t22-,23+,27?/m1/s1. The molecule has 1 unspecified atom stereocenters. The van der Waals surface area contributed by atoms with Gasteiger partial charge in [0.05, 0.1) is 32.3 Å². The van der Waals surface area contributed by atoms with Gasteiger partial charge in [0, 0.05) is 38.0 Å². The van der Waals surface area contributed by atoms with Gasteiger partial charge in [0.15, 0.2) is 6.29 Å². The number of carbonyl (C=O) groups is 2. The Morgan fingerprint density at radius 2 is 1.78 bits per heavy atom. The van der Waals surface area contributed by atoms with E-state index in [1.807, 2.05) is 17.0 Å². The Labute approximate surface area is 214 Å². The van der Waals surface area contributed by atoms with Gasteiger partial charge in [-0.15, -0.1) is 0 Å². The zero-order chi connectivity index (χ0) is 25.5. The van der Waals surface area contributed by atoms with Crippen molar-refractivity contribution < 1.29 is 28.9 Å².